The van der Waals surface area contributed by atoms with Crippen LogP contribution in [0, 0.1) is 22.9 Å². The summed E-state index contributed by atoms with van der Waals surface area (Å²) in [4.78, 5) is 21.8. The first-order chi connectivity index (χ1) is 9.49. The summed E-state index contributed by atoms with van der Waals surface area (Å²) in [7, 11) is 0. The number of aryl methyl sites for hydroxylation is 1. The molecule has 0 bridgehead atoms. The first-order valence-corrected chi connectivity index (χ1v) is 6.67. The molecule has 1 aromatic heterocycles. The van der Waals surface area contributed by atoms with Crippen LogP contribution >= 0.6 is 11.3 Å². The minimum Gasteiger partial charge on any atom is -0.348 e. The van der Waals surface area contributed by atoms with Crippen molar-refractivity contribution < 1.29 is 14.1 Å². The van der Waals surface area contributed by atoms with Crippen LogP contribution in [0.1, 0.15) is 21.5 Å². The van der Waals surface area contributed by atoms with Crippen LogP contribution in [0.3, 0.4) is 0 Å². The molecule has 0 aliphatic carbocycles. The number of nitrogens with one attached hydrogen (secondary N) is 1. The van der Waals surface area contributed by atoms with Crippen molar-refractivity contribution in [3.63, 3.8) is 0 Å². The number of halogens is 1. The Hall–Kier alpha value is -2.28. The van der Waals surface area contributed by atoms with Crippen LogP contribution in [0.5, 0.6) is 0 Å². The van der Waals surface area contributed by atoms with Crippen LogP contribution < -0.4 is 5.32 Å². The van der Waals surface area contributed by atoms with Crippen molar-refractivity contribution in [1.29, 1.82) is 0 Å². The molecule has 5 nitrogen and oxygen atoms in total. The summed E-state index contributed by atoms with van der Waals surface area (Å²) >= 11 is 1.51. The van der Waals surface area contributed by atoms with Gasteiger partial charge in [-0.25, -0.2) is 4.39 Å². The first kappa shape index (κ1) is 14.1. The predicted octanol–water partition coefficient (Wildman–Crippen LogP) is 3.03. The second-order valence-corrected chi connectivity index (χ2v) is 4.93. The van der Waals surface area contributed by atoms with Crippen molar-refractivity contribution in [3.8, 4) is 0 Å². The highest BCUT2D eigenvalue weighted by molar-refractivity contribution is 7.08. The molecule has 0 atom stereocenters. The Morgan fingerprint density at radius 2 is 2.20 bits per heavy atom. The van der Waals surface area contributed by atoms with Gasteiger partial charge in [0.15, 0.2) is 0 Å². The molecule has 7 heteroatoms. The Morgan fingerprint density at radius 3 is 2.80 bits per heavy atom. The number of nitro benzene ring substituents is 1. The van der Waals surface area contributed by atoms with E-state index in [9.17, 15) is 19.3 Å². The van der Waals surface area contributed by atoms with Crippen LogP contribution in [0.25, 0.3) is 0 Å². The number of thiophene rings is 1. The summed E-state index contributed by atoms with van der Waals surface area (Å²) in [6.07, 6.45) is 0. The highest BCUT2D eigenvalue weighted by Gasteiger charge is 2.16. The number of nitro groups is 1. The Bertz CT molecular complexity index is 669. The van der Waals surface area contributed by atoms with E-state index in [1.807, 2.05) is 17.7 Å². The number of non-ortho nitro benzene ring substituents is 1. The van der Waals surface area contributed by atoms with Gasteiger partial charge in [0.1, 0.15) is 5.82 Å². The lowest BCUT2D eigenvalue weighted by Crippen LogP contribution is -2.24. The topological polar surface area (TPSA) is 72.2 Å². The van der Waals surface area contributed by atoms with Crippen molar-refractivity contribution >= 4 is 22.9 Å². The fourth-order valence-corrected chi connectivity index (χ4v) is 2.50. The van der Waals surface area contributed by atoms with E-state index in [-0.39, 0.29) is 17.8 Å². The van der Waals surface area contributed by atoms with E-state index in [0.29, 0.717) is 0 Å². The van der Waals surface area contributed by atoms with Crippen LogP contribution in [0.2, 0.25) is 0 Å². The molecule has 0 radical (unpaired) electrons. The molecule has 0 saturated carbocycles. The largest absolute Gasteiger partial charge is 0.348 e. The summed E-state index contributed by atoms with van der Waals surface area (Å²) in [6, 6.07) is 2.88. The number of benzene rings is 1. The smallest absolute Gasteiger partial charge is 0.270 e. The van der Waals surface area contributed by atoms with Gasteiger partial charge in [0.05, 0.1) is 10.5 Å². The predicted molar refractivity (Wildman–Crippen MR) is 73.3 cm³/mol. The van der Waals surface area contributed by atoms with Gasteiger partial charge >= 0.3 is 0 Å². The molecular formula is C13H11FN2O3S. The van der Waals surface area contributed by atoms with E-state index >= 15 is 0 Å². The van der Waals surface area contributed by atoms with Crippen LogP contribution in [-0.4, -0.2) is 10.8 Å². The number of carbonyl (C=O) groups is 1. The molecule has 104 valence electrons. The SMILES string of the molecule is Cc1cscc1CNC(=O)c1cc([N+](=O)[O-])ccc1F. The van der Waals surface area contributed by atoms with Crippen molar-refractivity contribution in [1.82, 2.24) is 5.32 Å². The minimum atomic E-state index is -0.782. The number of rotatable bonds is 4. The highest BCUT2D eigenvalue weighted by Crippen LogP contribution is 2.17. The van der Waals surface area contributed by atoms with Gasteiger partial charge in [0, 0.05) is 18.7 Å². The standard InChI is InChI=1S/C13H11FN2O3S/c1-8-6-20-7-9(8)5-15-13(17)11-4-10(16(18)19)2-3-12(11)14/h2-4,6-7H,5H2,1H3,(H,15,17). The number of hydrogen-bond acceptors (Lipinski definition) is 4. The number of nitrogens with zero attached hydrogens (tertiary/aromatic N) is 1. The van der Waals surface area contributed by atoms with Crippen molar-refractivity contribution in [2.75, 3.05) is 0 Å². The van der Waals surface area contributed by atoms with E-state index < -0.39 is 16.6 Å². The van der Waals surface area contributed by atoms with Crippen LogP contribution in [0.4, 0.5) is 10.1 Å². The van der Waals surface area contributed by atoms with Gasteiger partial charge in [-0.05, 0) is 34.9 Å². The normalized spacial score (nSPS) is 10.3. The zero-order valence-electron chi connectivity index (χ0n) is 10.6. The molecule has 1 aromatic carbocycles. The van der Waals surface area contributed by atoms with E-state index in [1.165, 1.54) is 11.3 Å². The quantitative estimate of drug-likeness (QED) is 0.696. The third kappa shape index (κ3) is 3.00. The second kappa shape index (κ2) is 5.79. The molecule has 1 heterocycles. The molecule has 0 aliphatic rings. The van der Waals surface area contributed by atoms with Gasteiger partial charge in [0.2, 0.25) is 0 Å². The molecule has 1 amide bonds. The van der Waals surface area contributed by atoms with Crippen LogP contribution in [-0.2, 0) is 6.54 Å². The minimum absolute atomic E-state index is 0.260. The summed E-state index contributed by atoms with van der Waals surface area (Å²) in [5, 5.41) is 17.0. The maximum Gasteiger partial charge on any atom is 0.270 e. The molecule has 0 saturated heterocycles. The average molecular weight is 294 g/mol. The summed E-state index contributed by atoms with van der Waals surface area (Å²) in [5.74, 6) is -1.45. The molecule has 0 aliphatic heterocycles. The monoisotopic (exact) mass is 294 g/mol. The zero-order valence-corrected chi connectivity index (χ0v) is 11.4. The van der Waals surface area contributed by atoms with Crippen LogP contribution in [0.15, 0.2) is 29.0 Å². The van der Waals surface area contributed by atoms with Gasteiger partial charge in [-0.3, -0.25) is 14.9 Å². The number of amides is 1. The van der Waals surface area contributed by atoms with E-state index in [4.69, 9.17) is 0 Å². The van der Waals surface area contributed by atoms with Gasteiger partial charge in [-0.15, -0.1) is 0 Å². The maximum absolute atomic E-state index is 13.5. The molecule has 2 aromatic rings. The van der Waals surface area contributed by atoms with E-state index in [0.717, 1.165) is 29.3 Å². The summed E-state index contributed by atoms with van der Waals surface area (Å²) < 4.78 is 13.5. The van der Waals surface area contributed by atoms with Gasteiger partial charge < -0.3 is 5.32 Å². The Balaban J connectivity index is 2.15. The summed E-state index contributed by atoms with van der Waals surface area (Å²) in [5.41, 5.74) is 1.33. The third-order valence-corrected chi connectivity index (χ3v) is 3.72. The van der Waals surface area contributed by atoms with Crippen molar-refractivity contribution in [2.24, 2.45) is 0 Å². The van der Waals surface area contributed by atoms with Gasteiger partial charge in [0.25, 0.3) is 11.6 Å². The Labute approximate surface area is 118 Å². The second-order valence-electron chi connectivity index (χ2n) is 4.18. The van der Waals surface area contributed by atoms with Gasteiger partial charge in [-0.1, -0.05) is 0 Å². The molecule has 0 spiro atoms. The molecule has 2 rings (SSSR count). The highest BCUT2D eigenvalue weighted by atomic mass is 32.1. The molecule has 0 fully saturated rings. The Morgan fingerprint density at radius 1 is 1.45 bits per heavy atom. The van der Waals surface area contributed by atoms with Crippen molar-refractivity contribution in [2.45, 2.75) is 13.5 Å². The number of hydrogen-bond donors (Lipinski definition) is 1. The number of carbonyl (C=O) groups excluding carboxylic acids is 1. The fourth-order valence-electron chi connectivity index (χ4n) is 1.64. The molecular weight excluding hydrogens is 283 g/mol. The van der Waals surface area contributed by atoms with E-state index in [1.54, 1.807) is 0 Å². The first-order valence-electron chi connectivity index (χ1n) is 5.73. The Kier molecular flexibility index (Phi) is 4.09. The lowest BCUT2D eigenvalue weighted by Gasteiger charge is -2.06. The lowest BCUT2D eigenvalue weighted by atomic mass is 10.1. The van der Waals surface area contributed by atoms with Gasteiger partial charge in [-0.2, -0.15) is 11.3 Å². The van der Waals surface area contributed by atoms with E-state index in [2.05, 4.69) is 5.32 Å². The molecule has 0 unspecified atom stereocenters. The molecule has 20 heavy (non-hydrogen) atoms. The lowest BCUT2D eigenvalue weighted by molar-refractivity contribution is -0.384. The zero-order chi connectivity index (χ0) is 14.7. The fraction of sp³-hybridized carbons (Fsp3) is 0.154. The maximum atomic E-state index is 13.5. The van der Waals surface area contributed by atoms with Crippen molar-refractivity contribution in [3.05, 3.63) is 61.6 Å². The molecule has 1 N–H and O–H groups in total. The third-order valence-electron chi connectivity index (χ3n) is 2.81. The average Bonchev–Trinajstić information content (AvgIpc) is 2.81. The summed E-state index contributed by atoms with van der Waals surface area (Å²) in [6.45, 7) is 2.17.